The summed E-state index contributed by atoms with van der Waals surface area (Å²) in [5.74, 6) is 0.813. The maximum atomic E-state index is 13.9. The van der Waals surface area contributed by atoms with Gasteiger partial charge in [0.15, 0.2) is 0 Å². The average molecular weight is 332 g/mol. The van der Waals surface area contributed by atoms with E-state index in [1.54, 1.807) is 19.2 Å². The van der Waals surface area contributed by atoms with Gasteiger partial charge in [0.25, 0.3) is 0 Å². The molecular weight excluding hydrogens is 303 g/mol. The van der Waals surface area contributed by atoms with Crippen LogP contribution in [0.4, 0.5) is 4.39 Å². The molecule has 1 N–H and O–H groups in total. The highest BCUT2D eigenvalue weighted by Crippen LogP contribution is 2.52. The molecule has 4 heteroatoms. The number of hydrogen-bond donors (Lipinski definition) is 1. The molecule has 0 unspecified atom stereocenters. The maximum Gasteiger partial charge on any atom is 0.220 e. The summed E-state index contributed by atoms with van der Waals surface area (Å²) in [6.45, 7) is 7.78. The number of hydrogen-bond acceptors (Lipinski definition) is 2. The van der Waals surface area contributed by atoms with Crippen molar-refractivity contribution in [2.45, 2.75) is 50.9 Å². The Bertz CT molecular complexity index is 606. The molecule has 1 atom stereocenters. The Morgan fingerprint density at radius 3 is 2.71 bits per heavy atom. The highest BCUT2D eigenvalue weighted by molar-refractivity contribution is 5.77. The van der Waals surface area contributed by atoms with Crippen LogP contribution in [0, 0.1) is 11.7 Å². The molecule has 1 aromatic rings. The molecule has 0 saturated carbocycles. The zero-order valence-electron chi connectivity index (χ0n) is 15.1. The van der Waals surface area contributed by atoms with Crippen LogP contribution in [0.15, 0.2) is 18.2 Å². The summed E-state index contributed by atoms with van der Waals surface area (Å²) in [5.41, 5.74) is 2.42. The topological polar surface area (TPSA) is 32.3 Å². The number of carbonyl (C=O) groups is 1. The zero-order chi connectivity index (χ0) is 17.3. The van der Waals surface area contributed by atoms with Gasteiger partial charge in [0, 0.05) is 20.0 Å². The van der Waals surface area contributed by atoms with Crippen molar-refractivity contribution in [2.24, 2.45) is 5.92 Å². The van der Waals surface area contributed by atoms with Crippen LogP contribution in [0.3, 0.4) is 0 Å². The van der Waals surface area contributed by atoms with Crippen LogP contribution in [0.1, 0.15) is 56.6 Å². The van der Waals surface area contributed by atoms with E-state index in [2.05, 4.69) is 24.1 Å². The lowest BCUT2D eigenvalue weighted by atomic mass is 9.73. The molecule has 1 aromatic carbocycles. The van der Waals surface area contributed by atoms with Gasteiger partial charge in [0.2, 0.25) is 5.91 Å². The smallest absolute Gasteiger partial charge is 0.220 e. The van der Waals surface area contributed by atoms with Crippen molar-refractivity contribution in [3.05, 3.63) is 35.1 Å². The van der Waals surface area contributed by atoms with E-state index in [1.807, 2.05) is 6.07 Å². The van der Waals surface area contributed by atoms with Crippen molar-refractivity contribution in [1.82, 2.24) is 10.2 Å². The van der Waals surface area contributed by atoms with E-state index < -0.39 is 0 Å². The number of amides is 1. The van der Waals surface area contributed by atoms with Crippen LogP contribution in [-0.4, -0.2) is 37.5 Å². The molecule has 1 aliphatic carbocycles. The summed E-state index contributed by atoms with van der Waals surface area (Å²) in [6.07, 6.45) is 3.63. The highest BCUT2D eigenvalue weighted by Gasteiger charge is 2.45. The van der Waals surface area contributed by atoms with Crippen LogP contribution >= 0.6 is 0 Å². The van der Waals surface area contributed by atoms with Gasteiger partial charge < -0.3 is 10.2 Å². The molecule has 1 fully saturated rings. The van der Waals surface area contributed by atoms with Gasteiger partial charge >= 0.3 is 0 Å². The number of likely N-dealkylation sites (tertiary alicyclic amines) is 1. The first-order valence-corrected chi connectivity index (χ1v) is 9.16. The van der Waals surface area contributed by atoms with Crippen LogP contribution in [0.2, 0.25) is 0 Å². The Balaban J connectivity index is 1.83. The minimum Gasteiger partial charge on any atom is -0.359 e. The SMILES string of the molecule is CNC(=O)C[C@H]1CC2(CCN(CC(C)C)CC2)c2cc(F)ccc21. The third-order valence-corrected chi connectivity index (χ3v) is 5.81. The molecule has 2 aliphatic rings. The molecule has 24 heavy (non-hydrogen) atoms. The summed E-state index contributed by atoms with van der Waals surface area (Å²) in [4.78, 5) is 14.4. The molecule has 1 aliphatic heterocycles. The predicted octanol–water partition coefficient (Wildman–Crippen LogP) is 3.44. The van der Waals surface area contributed by atoms with Gasteiger partial charge in [-0.15, -0.1) is 0 Å². The number of benzene rings is 1. The molecule has 1 heterocycles. The van der Waals surface area contributed by atoms with Crippen molar-refractivity contribution >= 4 is 5.91 Å². The lowest BCUT2D eigenvalue weighted by Gasteiger charge is -2.41. The van der Waals surface area contributed by atoms with Gasteiger partial charge in [-0.25, -0.2) is 4.39 Å². The Labute approximate surface area is 144 Å². The highest BCUT2D eigenvalue weighted by atomic mass is 19.1. The van der Waals surface area contributed by atoms with E-state index in [9.17, 15) is 9.18 Å². The molecule has 0 radical (unpaired) electrons. The molecule has 3 rings (SSSR count). The molecular formula is C20H29FN2O. The fourth-order valence-corrected chi connectivity index (χ4v) is 4.70. The van der Waals surface area contributed by atoms with Crippen LogP contribution in [-0.2, 0) is 10.2 Å². The third-order valence-electron chi connectivity index (χ3n) is 5.81. The quantitative estimate of drug-likeness (QED) is 0.916. The normalized spacial score (nSPS) is 22.8. The van der Waals surface area contributed by atoms with Gasteiger partial charge in [-0.05, 0) is 72.9 Å². The molecule has 132 valence electrons. The number of carbonyl (C=O) groups excluding carboxylic acids is 1. The summed E-state index contributed by atoms with van der Waals surface area (Å²) in [6, 6.07) is 5.19. The van der Waals surface area contributed by atoms with Gasteiger partial charge in [-0.3, -0.25) is 4.79 Å². The largest absolute Gasteiger partial charge is 0.359 e. The zero-order valence-corrected chi connectivity index (χ0v) is 15.1. The summed E-state index contributed by atoms with van der Waals surface area (Å²) < 4.78 is 13.9. The van der Waals surface area contributed by atoms with Crippen molar-refractivity contribution in [1.29, 1.82) is 0 Å². The van der Waals surface area contributed by atoms with E-state index in [4.69, 9.17) is 0 Å². The lowest BCUT2D eigenvalue weighted by Crippen LogP contribution is -2.43. The van der Waals surface area contributed by atoms with E-state index >= 15 is 0 Å². The fourth-order valence-electron chi connectivity index (χ4n) is 4.70. The Kier molecular flexibility index (Phi) is 4.95. The maximum absolute atomic E-state index is 13.9. The van der Waals surface area contributed by atoms with E-state index in [1.165, 1.54) is 11.1 Å². The first kappa shape index (κ1) is 17.4. The van der Waals surface area contributed by atoms with Crippen LogP contribution in [0.5, 0.6) is 0 Å². The van der Waals surface area contributed by atoms with Crippen molar-refractivity contribution in [2.75, 3.05) is 26.7 Å². The van der Waals surface area contributed by atoms with Crippen molar-refractivity contribution < 1.29 is 9.18 Å². The fraction of sp³-hybridized carbons (Fsp3) is 0.650. The molecule has 0 bridgehead atoms. The lowest BCUT2D eigenvalue weighted by molar-refractivity contribution is -0.121. The number of nitrogens with one attached hydrogen (secondary N) is 1. The third kappa shape index (κ3) is 3.34. The second-order valence-corrected chi connectivity index (χ2v) is 7.98. The monoisotopic (exact) mass is 332 g/mol. The predicted molar refractivity (Wildman–Crippen MR) is 94.6 cm³/mol. The summed E-state index contributed by atoms with van der Waals surface area (Å²) in [5, 5.41) is 2.73. The minimum absolute atomic E-state index is 0.0591. The number of fused-ring (bicyclic) bond motifs is 2. The van der Waals surface area contributed by atoms with Gasteiger partial charge in [-0.1, -0.05) is 19.9 Å². The van der Waals surface area contributed by atoms with Crippen LogP contribution < -0.4 is 5.32 Å². The Morgan fingerprint density at radius 2 is 2.08 bits per heavy atom. The van der Waals surface area contributed by atoms with Gasteiger partial charge in [0.1, 0.15) is 5.82 Å². The molecule has 0 aromatic heterocycles. The van der Waals surface area contributed by atoms with Crippen LogP contribution in [0.25, 0.3) is 0 Å². The second-order valence-electron chi connectivity index (χ2n) is 7.98. The number of rotatable bonds is 4. The van der Waals surface area contributed by atoms with Gasteiger partial charge in [-0.2, -0.15) is 0 Å². The molecule has 1 spiro atoms. The van der Waals surface area contributed by atoms with Crippen molar-refractivity contribution in [3.63, 3.8) is 0 Å². The standard InChI is InChI=1S/C20H29FN2O/c1-14(2)13-23-8-6-20(7-9-23)12-15(10-19(24)22-3)17-5-4-16(21)11-18(17)20/h4-5,11,14-15H,6-10,12-13H2,1-3H3,(H,22,24)/t15-/m0/s1. The molecule has 3 nitrogen and oxygen atoms in total. The number of halogens is 1. The Hall–Kier alpha value is -1.42. The van der Waals surface area contributed by atoms with E-state index in [0.717, 1.165) is 38.9 Å². The Morgan fingerprint density at radius 1 is 1.38 bits per heavy atom. The summed E-state index contributed by atoms with van der Waals surface area (Å²) >= 11 is 0. The summed E-state index contributed by atoms with van der Waals surface area (Å²) in [7, 11) is 1.68. The van der Waals surface area contributed by atoms with Crippen molar-refractivity contribution in [3.8, 4) is 0 Å². The molecule has 1 amide bonds. The second kappa shape index (κ2) is 6.83. The first-order chi connectivity index (χ1) is 11.4. The van der Waals surface area contributed by atoms with E-state index in [0.29, 0.717) is 12.3 Å². The average Bonchev–Trinajstić information content (AvgIpc) is 2.82. The molecule has 1 saturated heterocycles. The van der Waals surface area contributed by atoms with E-state index in [-0.39, 0.29) is 23.1 Å². The van der Waals surface area contributed by atoms with Gasteiger partial charge in [0.05, 0.1) is 0 Å². The number of piperidine rings is 1. The minimum atomic E-state index is -0.154. The first-order valence-electron chi connectivity index (χ1n) is 9.16. The number of nitrogens with zero attached hydrogens (tertiary/aromatic N) is 1.